The molecule has 0 atom stereocenters. The maximum Gasteiger partial charge on any atom is 0.338 e. The van der Waals surface area contributed by atoms with Crippen molar-refractivity contribution >= 4 is 11.9 Å². The molecule has 0 heterocycles. The summed E-state index contributed by atoms with van der Waals surface area (Å²) in [5.41, 5.74) is 1.47. The van der Waals surface area contributed by atoms with Crippen LogP contribution in [-0.4, -0.2) is 25.2 Å². The third-order valence-electron chi connectivity index (χ3n) is 3.76. The van der Waals surface area contributed by atoms with E-state index in [1.807, 2.05) is 0 Å². The second kappa shape index (κ2) is 12.3. The molecule has 25 heavy (non-hydrogen) atoms. The summed E-state index contributed by atoms with van der Waals surface area (Å²) in [6.07, 6.45) is 8.20. The monoisotopic (exact) mass is 346 g/mol. The van der Waals surface area contributed by atoms with Gasteiger partial charge < -0.3 is 9.47 Å². The first kappa shape index (κ1) is 20.9. The second-order valence-corrected chi connectivity index (χ2v) is 6.37. The number of carbonyl (C=O) groups is 2. The van der Waals surface area contributed by atoms with Crippen LogP contribution in [0.1, 0.15) is 79.5 Å². The number of hydrogen-bond donors (Lipinski definition) is 0. The Balaban J connectivity index is 2.34. The number of unbranched alkanes of at least 4 members (excludes halogenated alkanes) is 6. The standard InChI is InChI=1S/C21H30O4/c1-4-5-6-7-8-9-10-14-24-20(22)18-12-11-13-19(15-18)21(23)25-16-17(2)3/h11-13,15H,2,4-10,14,16H2,1,3H3. The van der Waals surface area contributed by atoms with Crippen molar-refractivity contribution in [3.63, 3.8) is 0 Å². The zero-order chi connectivity index (χ0) is 18.5. The number of carbonyl (C=O) groups excluding carboxylic acids is 2. The molecule has 0 bridgehead atoms. The lowest BCUT2D eigenvalue weighted by Gasteiger charge is -2.07. The van der Waals surface area contributed by atoms with E-state index in [2.05, 4.69) is 13.5 Å². The first-order valence-corrected chi connectivity index (χ1v) is 9.13. The molecule has 138 valence electrons. The summed E-state index contributed by atoms with van der Waals surface area (Å²) in [7, 11) is 0. The van der Waals surface area contributed by atoms with Crippen molar-refractivity contribution in [2.24, 2.45) is 0 Å². The smallest absolute Gasteiger partial charge is 0.338 e. The van der Waals surface area contributed by atoms with Gasteiger partial charge in [0.1, 0.15) is 6.61 Å². The lowest BCUT2D eigenvalue weighted by molar-refractivity contribution is 0.0497. The molecule has 4 heteroatoms. The van der Waals surface area contributed by atoms with Gasteiger partial charge in [0, 0.05) is 0 Å². The molecule has 0 fully saturated rings. The van der Waals surface area contributed by atoms with E-state index in [0.717, 1.165) is 18.4 Å². The van der Waals surface area contributed by atoms with E-state index in [0.29, 0.717) is 17.7 Å². The highest BCUT2D eigenvalue weighted by Crippen LogP contribution is 2.11. The van der Waals surface area contributed by atoms with Crippen molar-refractivity contribution < 1.29 is 19.1 Å². The van der Waals surface area contributed by atoms with Crippen LogP contribution in [0.5, 0.6) is 0 Å². The quantitative estimate of drug-likeness (QED) is 0.292. The molecule has 0 amide bonds. The summed E-state index contributed by atoms with van der Waals surface area (Å²) in [4.78, 5) is 24.0. The third kappa shape index (κ3) is 9.08. The molecular formula is C21H30O4. The van der Waals surface area contributed by atoms with Gasteiger partial charge in [-0.2, -0.15) is 0 Å². The fraction of sp³-hybridized carbons (Fsp3) is 0.524. The average Bonchev–Trinajstić information content (AvgIpc) is 2.61. The van der Waals surface area contributed by atoms with Gasteiger partial charge in [0.05, 0.1) is 17.7 Å². The Labute approximate surface area is 151 Å². The van der Waals surface area contributed by atoms with Crippen LogP contribution in [0.2, 0.25) is 0 Å². The average molecular weight is 346 g/mol. The molecule has 0 aliphatic rings. The minimum atomic E-state index is -0.468. The highest BCUT2D eigenvalue weighted by Gasteiger charge is 2.12. The van der Waals surface area contributed by atoms with Gasteiger partial charge in [0.25, 0.3) is 0 Å². The van der Waals surface area contributed by atoms with Crippen molar-refractivity contribution in [1.29, 1.82) is 0 Å². The van der Waals surface area contributed by atoms with Crippen molar-refractivity contribution in [2.75, 3.05) is 13.2 Å². The summed E-state index contributed by atoms with van der Waals surface area (Å²) in [6.45, 7) is 8.26. The minimum Gasteiger partial charge on any atom is -0.462 e. The molecule has 0 saturated carbocycles. The van der Waals surface area contributed by atoms with Crippen LogP contribution in [0, 0.1) is 0 Å². The van der Waals surface area contributed by atoms with Gasteiger partial charge in [-0.1, -0.05) is 58.1 Å². The first-order valence-electron chi connectivity index (χ1n) is 9.13. The van der Waals surface area contributed by atoms with Gasteiger partial charge >= 0.3 is 11.9 Å². The SMILES string of the molecule is C=C(C)COC(=O)c1cccc(C(=O)OCCCCCCCCC)c1. The topological polar surface area (TPSA) is 52.6 Å². The summed E-state index contributed by atoms with van der Waals surface area (Å²) < 4.78 is 10.4. The zero-order valence-corrected chi connectivity index (χ0v) is 15.5. The van der Waals surface area contributed by atoms with Crippen LogP contribution in [0.4, 0.5) is 0 Å². The lowest BCUT2D eigenvalue weighted by atomic mass is 10.1. The van der Waals surface area contributed by atoms with E-state index >= 15 is 0 Å². The van der Waals surface area contributed by atoms with Crippen LogP contribution in [0.15, 0.2) is 36.4 Å². The molecule has 0 unspecified atom stereocenters. The Morgan fingerprint density at radius 2 is 1.48 bits per heavy atom. The molecule has 1 aromatic carbocycles. The molecule has 0 spiro atoms. The lowest BCUT2D eigenvalue weighted by Crippen LogP contribution is -2.10. The highest BCUT2D eigenvalue weighted by atomic mass is 16.5. The molecular weight excluding hydrogens is 316 g/mol. The van der Waals surface area contributed by atoms with Gasteiger partial charge in [-0.3, -0.25) is 0 Å². The third-order valence-corrected chi connectivity index (χ3v) is 3.76. The molecule has 0 aromatic heterocycles. The maximum absolute atomic E-state index is 12.1. The maximum atomic E-state index is 12.1. The van der Waals surface area contributed by atoms with E-state index in [1.165, 1.54) is 38.2 Å². The predicted octanol–water partition coefficient (Wildman–Crippen LogP) is 5.33. The summed E-state index contributed by atoms with van der Waals surface area (Å²) >= 11 is 0. The van der Waals surface area contributed by atoms with E-state index < -0.39 is 11.9 Å². The fourth-order valence-electron chi connectivity index (χ4n) is 2.35. The Morgan fingerprint density at radius 3 is 2.08 bits per heavy atom. The number of hydrogen-bond acceptors (Lipinski definition) is 4. The number of rotatable bonds is 12. The van der Waals surface area contributed by atoms with Crippen LogP contribution < -0.4 is 0 Å². The Bertz CT molecular complexity index is 563. The van der Waals surface area contributed by atoms with Crippen molar-refractivity contribution in [2.45, 2.75) is 58.8 Å². The van der Waals surface area contributed by atoms with E-state index in [-0.39, 0.29) is 6.61 Å². The van der Waals surface area contributed by atoms with Gasteiger partial charge in [-0.25, -0.2) is 9.59 Å². The molecule has 0 radical (unpaired) electrons. The van der Waals surface area contributed by atoms with Crippen molar-refractivity contribution in [3.8, 4) is 0 Å². The number of ether oxygens (including phenoxy) is 2. The van der Waals surface area contributed by atoms with Crippen LogP contribution in [-0.2, 0) is 9.47 Å². The molecule has 4 nitrogen and oxygen atoms in total. The largest absolute Gasteiger partial charge is 0.462 e. The zero-order valence-electron chi connectivity index (χ0n) is 15.5. The van der Waals surface area contributed by atoms with Gasteiger partial charge in [-0.15, -0.1) is 0 Å². The molecule has 0 aliphatic heterocycles. The first-order chi connectivity index (χ1) is 12.0. The van der Waals surface area contributed by atoms with Crippen LogP contribution >= 0.6 is 0 Å². The summed E-state index contributed by atoms with van der Waals surface area (Å²) in [5.74, 6) is -0.870. The van der Waals surface area contributed by atoms with Crippen molar-refractivity contribution in [3.05, 3.63) is 47.5 Å². The predicted molar refractivity (Wildman–Crippen MR) is 99.8 cm³/mol. The van der Waals surface area contributed by atoms with Gasteiger partial charge in [-0.05, 0) is 37.1 Å². The number of esters is 2. The Hall–Kier alpha value is -2.10. The highest BCUT2D eigenvalue weighted by molar-refractivity contribution is 5.95. The molecule has 0 aliphatic carbocycles. The van der Waals surface area contributed by atoms with Crippen LogP contribution in [0.25, 0.3) is 0 Å². The summed E-state index contributed by atoms with van der Waals surface area (Å²) in [6, 6.07) is 6.42. The fourth-order valence-corrected chi connectivity index (χ4v) is 2.35. The van der Waals surface area contributed by atoms with Gasteiger partial charge in [0.2, 0.25) is 0 Å². The second-order valence-electron chi connectivity index (χ2n) is 6.37. The summed E-state index contributed by atoms with van der Waals surface area (Å²) in [5, 5.41) is 0. The van der Waals surface area contributed by atoms with E-state index in [9.17, 15) is 9.59 Å². The van der Waals surface area contributed by atoms with Gasteiger partial charge in [0.15, 0.2) is 0 Å². The van der Waals surface area contributed by atoms with E-state index in [1.54, 1.807) is 25.1 Å². The van der Waals surface area contributed by atoms with Crippen molar-refractivity contribution in [1.82, 2.24) is 0 Å². The van der Waals surface area contributed by atoms with E-state index in [4.69, 9.17) is 9.47 Å². The normalized spacial score (nSPS) is 10.3. The molecule has 0 saturated heterocycles. The Morgan fingerprint density at radius 1 is 0.920 bits per heavy atom. The number of benzene rings is 1. The molecule has 1 aromatic rings. The van der Waals surface area contributed by atoms with Crippen LogP contribution in [0.3, 0.4) is 0 Å². The molecule has 0 N–H and O–H groups in total. The Kier molecular flexibility index (Phi) is 10.3. The molecule has 1 rings (SSSR count). The minimum absolute atomic E-state index is 0.172.